The van der Waals surface area contributed by atoms with Gasteiger partial charge in [0.1, 0.15) is 6.10 Å². The molecule has 0 aliphatic carbocycles. The fraction of sp³-hybridized carbons (Fsp3) is 0.250. The summed E-state index contributed by atoms with van der Waals surface area (Å²) in [7, 11) is -4.69. The molecule has 1 aromatic rings. The van der Waals surface area contributed by atoms with Crippen LogP contribution in [0.1, 0.15) is 12.5 Å². The number of phosphoric ester groups is 1. The Morgan fingerprint density at radius 2 is 1.95 bits per heavy atom. The number of carbonyl (C=O) groups is 1. The van der Waals surface area contributed by atoms with Crippen LogP contribution in [0.3, 0.4) is 0 Å². The first-order chi connectivity index (χ1) is 8.79. The molecule has 0 bridgehead atoms. The average Bonchev–Trinajstić information content (AvgIpc) is 2.35. The fourth-order valence-corrected chi connectivity index (χ4v) is 1.71. The molecule has 1 rings (SSSR count). The maximum atomic E-state index is 11.7. The van der Waals surface area contributed by atoms with Crippen molar-refractivity contribution in [1.29, 1.82) is 0 Å². The lowest BCUT2D eigenvalue weighted by Crippen LogP contribution is -2.26. The van der Waals surface area contributed by atoms with E-state index in [-0.39, 0.29) is 5.57 Å². The Hall–Kier alpha value is -1.30. The van der Waals surface area contributed by atoms with E-state index in [2.05, 4.69) is 4.52 Å². The lowest BCUT2D eigenvalue weighted by atomic mass is 10.1. The van der Waals surface area contributed by atoms with E-state index in [4.69, 9.17) is 9.79 Å². The summed E-state index contributed by atoms with van der Waals surface area (Å²) in [6, 6.07) is 9.01. The van der Waals surface area contributed by atoms with Gasteiger partial charge in [0, 0.05) is 0 Å². The number of hydrogen-bond acceptors (Lipinski definition) is 4. The van der Waals surface area contributed by atoms with Crippen LogP contribution >= 0.6 is 7.82 Å². The zero-order valence-electron chi connectivity index (χ0n) is 10.3. The summed E-state index contributed by atoms with van der Waals surface area (Å²) in [6.45, 7) is 0.763. The molecule has 3 N–H and O–H groups in total. The Bertz CT molecular complexity index is 504. The molecule has 0 aliphatic heterocycles. The molecule has 0 spiro atoms. The molecular formula is C12H15O6P. The molecule has 19 heavy (non-hydrogen) atoms. The van der Waals surface area contributed by atoms with Gasteiger partial charge in [0.15, 0.2) is 5.78 Å². The summed E-state index contributed by atoms with van der Waals surface area (Å²) in [5, 5.41) is 9.47. The molecule has 104 valence electrons. The predicted octanol–water partition coefficient (Wildman–Crippen LogP) is 1.13. The van der Waals surface area contributed by atoms with Gasteiger partial charge in [-0.05, 0) is 24.1 Å². The van der Waals surface area contributed by atoms with Gasteiger partial charge in [-0.25, -0.2) is 4.57 Å². The number of aliphatic hydroxyl groups is 1. The lowest BCUT2D eigenvalue weighted by Gasteiger charge is -2.11. The van der Waals surface area contributed by atoms with Crippen LogP contribution in [0, 0.1) is 0 Å². The molecule has 0 aromatic heterocycles. The summed E-state index contributed by atoms with van der Waals surface area (Å²) in [6.07, 6.45) is -0.0316. The van der Waals surface area contributed by atoms with Crippen LogP contribution in [0.25, 0.3) is 6.08 Å². The molecule has 0 aliphatic rings. The topological polar surface area (TPSA) is 104 Å². The van der Waals surface area contributed by atoms with Crippen molar-refractivity contribution in [1.82, 2.24) is 0 Å². The molecule has 0 radical (unpaired) electrons. The molecule has 0 amide bonds. The summed E-state index contributed by atoms with van der Waals surface area (Å²) < 4.78 is 14.5. The van der Waals surface area contributed by atoms with E-state index in [0.29, 0.717) is 0 Å². The molecule has 7 heteroatoms. The van der Waals surface area contributed by atoms with Crippen LogP contribution in [0.4, 0.5) is 0 Å². The zero-order chi connectivity index (χ0) is 14.5. The van der Waals surface area contributed by atoms with E-state index in [1.54, 1.807) is 30.3 Å². The third-order valence-electron chi connectivity index (χ3n) is 2.27. The Kier molecular flexibility index (Phi) is 5.60. The molecule has 6 nitrogen and oxygen atoms in total. The maximum Gasteiger partial charge on any atom is 0.469 e. The molecule has 0 saturated carbocycles. The Morgan fingerprint density at radius 3 is 2.47 bits per heavy atom. The highest BCUT2D eigenvalue weighted by Crippen LogP contribution is 2.35. The predicted molar refractivity (Wildman–Crippen MR) is 69.1 cm³/mol. The summed E-state index contributed by atoms with van der Waals surface area (Å²) in [5.74, 6) is -0.641. The van der Waals surface area contributed by atoms with Gasteiger partial charge in [-0.2, -0.15) is 0 Å². The fourth-order valence-electron chi connectivity index (χ4n) is 1.38. The van der Waals surface area contributed by atoms with Crippen LogP contribution in [-0.4, -0.2) is 33.4 Å². The van der Waals surface area contributed by atoms with Crippen LogP contribution in [0.2, 0.25) is 0 Å². The van der Waals surface area contributed by atoms with Crippen molar-refractivity contribution in [2.24, 2.45) is 0 Å². The molecule has 0 saturated heterocycles. The minimum atomic E-state index is -4.69. The molecular weight excluding hydrogens is 271 g/mol. The van der Waals surface area contributed by atoms with Gasteiger partial charge >= 0.3 is 7.82 Å². The molecule has 1 aromatic carbocycles. The van der Waals surface area contributed by atoms with Crippen molar-refractivity contribution in [2.45, 2.75) is 13.0 Å². The highest BCUT2D eigenvalue weighted by atomic mass is 31.2. The first kappa shape index (κ1) is 15.8. The summed E-state index contributed by atoms with van der Waals surface area (Å²) in [4.78, 5) is 28.7. The highest BCUT2D eigenvalue weighted by Gasteiger charge is 2.22. The van der Waals surface area contributed by atoms with Crippen LogP contribution in [0.15, 0.2) is 35.9 Å². The third kappa shape index (κ3) is 5.92. The number of phosphoric acid groups is 1. The second-order valence-electron chi connectivity index (χ2n) is 3.90. The number of benzene rings is 1. The average molecular weight is 286 g/mol. The zero-order valence-corrected chi connectivity index (χ0v) is 11.2. The molecule has 1 unspecified atom stereocenters. The third-order valence-corrected chi connectivity index (χ3v) is 2.76. The van der Waals surface area contributed by atoms with Gasteiger partial charge < -0.3 is 14.9 Å². The minimum absolute atomic E-state index is 0.271. The van der Waals surface area contributed by atoms with E-state index in [0.717, 1.165) is 5.56 Å². The monoisotopic (exact) mass is 286 g/mol. The van der Waals surface area contributed by atoms with Crippen molar-refractivity contribution in [2.75, 3.05) is 6.61 Å². The number of ketones is 1. The van der Waals surface area contributed by atoms with E-state index < -0.39 is 26.3 Å². The van der Waals surface area contributed by atoms with Crippen molar-refractivity contribution >= 4 is 19.7 Å². The normalized spacial score (nSPS) is 14.2. The second kappa shape index (κ2) is 6.75. The van der Waals surface area contributed by atoms with Gasteiger partial charge in [-0.1, -0.05) is 30.3 Å². The van der Waals surface area contributed by atoms with Crippen molar-refractivity contribution < 1.29 is 28.8 Å². The number of rotatable bonds is 6. The van der Waals surface area contributed by atoms with Gasteiger partial charge in [0.25, 0.3) is 0 Å². The first-order valence-corrected chi connectivity index (χ1v) is 6.98. The van der Waals surface area contributed by atoms with Gasteiger partial charge in [0.05, 0.1) is 6.61 Å². The van der Waals surface area contributed by atoms with Gasteiger partial charge in [-0.3, -0.25) is 9.32 Å². The van der Waals surface area contributed by atoms with Crippen LogP contribution < -0.4 is 0 Å². The standard InChI is InChI=1S/C12H15O6P/c1-9(7-10-5-3-2-4-6-10)12(14)11(13)8-18-19(15,16)17/h2-7,11,13H,8H2,1H3,(H2,15,16,17). The Labute approximate surface area is 110 Å². The Balaban J connectivity index is 2.67. The summed E-state index contributed by atoms with van der Waals surface area (Å²) in [5.41, 5.74) is 1.06. The molecule has 1 atom stereocenters. The quantitative estimate of drug-likeness (QED) is 0.535. The van der Waals surface area contributed by atoms with Gasteiger partial charge in [-0.15, -0.1) is 0 Å². The van der Waals surface area contributed by atoms with Gasteiger partial charge in [0.2, 0.25) is 0 Å². The number of hydrogen-bond donors (Lipinski definition) is 3. The molecule has 0 fully saturated rings. The van der Waals surface area contributed by atoms with Crippen molar-refractivity contribution in [3.8, 4) is 0 Å². The highest BCUT2D eigenvalue weighted by molar-refractivity contribution is 7.46. The van der Waals surface area contributed by atoms with E-state index in [9.17, 15) is 14.5 Å². The van der Waals surface area contributed by atoms with Crippen molar-refractivity contribution in [3.63, 3.8) is 0 Å². The number of carbonyl (C=O) groups excluding carboxylic acids is 1. The Morgan fingerprint density at radius 1 is 1.37 bits per heavy atom. The number of Topliss-reactive ketones (excluding diaryl/α,β-unsaturated/α-hetero) is 1. The van der Waals surface area contributed by atoms with E-state index in [1.807, 2.05) is 6.07 Å². The molecule has 0 heterocycles. The first-order valence-electron chi connectivity index (χ1n) is 5.45. The number of aliphatic hydroxyl groups excluding tert-OH is 1. The smallest absolute Gasteiger partial charge is 0.382 e. The lowest BCUT2D eigenvalue weighted by molar-refractivity contribution is -0.124. The van der Waals surface area contributed by atoms with E-state index >= 15 is 0 Å². The minimum Gasteiger partial charge on any atom is -0.382 e. The second-order valence-corrected chi connectivity index (χ2v) is 5.14. The maximum absolute atomic E-state index is 11.7. The SMILES string of the molecule is CC(=Cc1ccccc1)C(=O)C(O)COP(=O)(O)O. The summed E-state index contributed by atoms with van der Waals surface area (Å²) >= 11 is 0. The van der Waals surface area contributed by atoms with Crippen LogP contribution in [0.5, 0.6) is 0 Å². The van der Waals surface area contributed by atoms with Crippen molar-refractivity contribution in [3.05, 3.63) is 41.5 Å². The largest absolute Gasteiger partial charge is 0.469 e. The van der Waals surface area contributed by atoms with Crippen LogP contribution in [-0.2, 0) is 13.9 Å². The van der Waals surface area contributed by atoms with E-state index in [1.165, 1.54) is 6.92 Å².